The number of benzene rings is 1. The summed E-state index contributed by atoms with van der Waals surface area (Å²) in [4.78, 5) is 29.9. The number of anilines is 2. The summed E-state index contributed by atoms with van der Waals surface area (Å²) >= 11 is 0. The number of nitrogens with zero attached hydrogens (tertiary/aromatic N) is 1. The lowest BCUT2D eigenvalue weighted by Crippen LogP contribution is -2.48. The van der Waals surface area contributed by atoms with Crippen LogP contribution in [0, 0.1) is 19.7 Å². The quantitative estimate of drug-likeness (QED) is 0.601. The zero-order valence-corrected chi connectivity index (χ0v) is 15.8. The molecule has 3 amide bonds. The van der Waals surface area contributed by atoms with Crippen molar-refractivity contribution in [2.75, 3.05) is 36.8 Å². The van der Waals surface area contributed by atoms with Gasteiger partial charge >= 0.3 is 6.03 Å². The number of carbonyl (C=O) groups excluding carboxylic acids is 2. The molecular weight excluding hydrogens is 361 g/mol. The van der Waals surface area contributed by atoms with Crippen LogP contribution in [0.1, 0.15) is 22.5 Å². The summed E-state index contributed by atoms with van der Waals surface area (Å²) in [6, 6.07) is 4.07. The summed E-state index contributed by atoms with van der Waals surface area (Å²) in [7, 11) is 0. The van der Waals surface area contributed by atoms with Gasteiger partial charge in [0.2, 0.25) is 0 Å². The predicted molar refractivity (Wildman–Crippen MR) is 107 cm³/mol. The normalized spacial score (nSPS) is 17.6. The van der Waals surface area contributed by atoms with Crippen molar-refractivity contribution in [2.45, 2.75) is 13.8 Å². The molecule has 7 nitrogen and oxygen atoms in total. The largest absolute Gasteiger partial charge is 0.357 e. The molecule has 2 aliphatic heterocycles. The molecule has 0 aliphatic carbocycles. The topological polar surface area (TPSA) is 89.3 Å². The Balaban J connectivity index is 1.63. The Labute approximate surface area is 162 Å². The van der Waals surface area contributed by atoms with E-state index in [0.29, 0.717) is 41.3 Å². The molecule has 0 atom stereocenters. The standard InChI is InChI=1S/C20H22FN5O2/c1-11-17(10-15-14-9-13(21)3-4-16(14)24-19(15)27)23-12(2)18(11)25-20(28)26-7-5-22-6-8-26/h3-4,9-10,22-23H,5-8H2,1-2H3,(H,24,27)(H,25,28)/b15-10-. The molecule has 4 rings (SSSR count). The number of H-pyrrole nitrogens is 1. The van der Waals surface area contributed by atoms with Crippen LogP contribution in [0.2, 0.25) is 0 Å². The summed E-state index contributed by atoms with van der Waals surface area (Å²) in [6.07, 6.45) is 1.70. The minimum atomic E-state index is -0.399. The Morgan fingerprint density at radius 1 is 1.25 bits per heavy atom. The van der Waals surface area contributed by atoms with Crippen molar-refractivity contribution in [3.8, 4) is 0 Å². The van der Waals surface area contributed by atoms with Crippen LogP contribution in [0.4, 0.5) is 20.6 Å². The van der Waals surface area contributed by atoms with Crippen LogP contribution in [0.3, 0.4) is 0 Å². The number of aromatic nitrogens is 1. The van der Waals surface area contributed by atoms with Gasteiger partial charge in [0.1, 0.15) is 5.82 Å². The maximum absolute atomic E-state index is 13.6. The molecule has 8 heteroatoms. The van der Waals surface area contributed by atoms with E-state index < -0.39 is 5.82 Å². The molecule has 1 fully saturated rings. The number of aromatic amines is 1. The van der Waals surface area contributed by atoms with Gasteiger partial charge in [-0.05, 0) is 43.7 Å². The van der Waals surface area contributed by atoms with E-state index in [1.54, 1.807) is 17.0 Å². The first-order valence-corrected chi connectivity index (χ1v) is 9.23. The Hall–Kier alpha value is -3.13. The maximum Gasteiger partial charge on any atom is 0.321 e. The van der Waals surface area contributed by atoms with Gasteiger partial charge in [-0.2, -0.15) is 0 Å². The molecule has 1 aromatic heterocycles. The highest BCUT2D eigenvalue weighted by atomic mass is 19.1. The highest BCUT2D eigenvalue weighted by molar-refractivity contribution is 6.34. The van der Waals surface area contributed by atoms with E-state index in [9.17, 15) is 14.0 Å². The predicted octanol–water partition coefficient (Wildman–Crippen LogP) is 2.70. The van der Waals surface area contributed by atoms with Crippen molar-refractivity contribution < 1.29 is 14.0 Å². The number of rotatable bonds is 2. The molecule has 0 radical (unpaired) electrons. The molecule has 2 aliphatic rings. The Morgan fingerprint density at radius 2 is 2.00 bits per heavy atom. The number of amides is 3. The number of carbonyl (C=O) groups is 2. The minimum Gasteiger partial charge on any atom is -0.357 e. The number of fused-ring (bicyclic) bond motifs is 1. The van der Waals surface area contributed by atoms with Gasteiger partial charge in [-0.25, -0.2) is 9.18 Å². The van der Waals surface area contributed by atoms with Crippen LogP contribution >= 0.6 is 0 Å². The molecule has 0 bridgehead atoms. The molecule has 0 saturated carbocycles. The summed E-state index contributed by atoms with van der Waals surface area (Å²) in [6.45, 7) is 6.62. The number of halogens is 1. The number of nitrogens with one attached hydrogen (secondary N) is 4. The van der Waals surface area contributed by atoms with E-state index >= 15 is 0 Å². The zero-order chi connectivity index (χ0) is 19.8. The van der Waals surface area contributed by atoms with Crippen molar-refractivity contribution in [1.29, 1.82) is 0 Å². The zero-order valence-electron chi connectivity index (χ0n) is 15.8. The van der Waals surface area contributed by atoms with Gasteiger partial charge in [-0.3, -0.25) is 4.79 Å². The van der Waals surface area contributed by atoms with E-state index in [1.165, 1.54) is 12.1 Å². The highest BCUT2D eigenvalue weighted by Gasteiger charge is 2.26. The first-order valence-electron chi connectivity index (χ1n) is 9.23. The number of aryl methyl sites for hydroxylation is 1. The first kappa shape index (κ1) is 18.2. The fourth-order valence-electron chi connectivity index (χ4n) is 3.61. The van der Waals surface area contributed by atoms with Gasteiger partial charge in [-0.1, -0.05) is 0 Å². The van der Waals surface area contributed by atoms with Crippen molar-refractivity contribution in [2.24, 2.45) is 0 Å². The second-order valence-corrected chi connectivity index (χ2v) is 7.03. The molecule has 3 heterocycles. The maximum atomic E-state index is 13.6. The second-order valence-electron chi connectivity index (χ2n) is 7.03. The molecule has 28 heavy (non-hydrogen) atoms. The summed E-state index contributed by atoms with van der Waals surface area (Å²) in [5.41, 5.74) is 4.54. The van der Waals surface area contributed by atoms with Crippen molar-refractivity contribution in [1.82, 2.24) is 15.2 Å². The third-order valence-corrected chi connectivity index (χ3v) is 5.17. The van der Waals surface area contributed by atoms with E-state index in [0.717, 1.165) is 24.3 Å². The van der Waals surface area contributed by atoms with Gasteiger partial charge in [0.05, 0.1) is 11.3 Å². The van der Waals surface area contributed by atoms with Gasteiger partial charge < -0.3 is 25.8 Å². The summed E-state index contributed by atoms with van der Waals surface area (Å²) < 4.78 is 13.6. The Kier molecular flexibility index (Phi) is 4.64. The van der Waals surface area contributed by atoms with Crippen LogP contribution in [0.5, 0.6) is 0 Å². The molecule has 2 aromatic rings. The Bertz CT molecular complexity index is 989. The number of piperazine rings is 1. The van der Waals surface area contributed by atoms with Gasteiger partial charge in [-0.15, -0.1) is 0 Å². The third kappa shape index (κ3) is 3.27. The lowest BCUT2D eigenvalue weighted by atomic mass is 10.0. The number of hydrogen-bond acceptors (Lipinski definition) is 3. The van der Waals surface area contributed by atoms with Crippen LogP contribution in [-0.4, -0.2) is 48.0 Å². The SMILES string of the molecule is Cc1[nH]c(/C=C2\C(=O)Nc3ccc(F)cc32)c(C)c1NC(=O)N1CCNCC1. The number of urea groups is 1. The Morgan fingerprint density at radius 3 is 2.75 bits per heavy atom. The lowest BCUT2D eigenvalue weighted by molar-refractivity contribution is -0.110. The van der Waals surface area contributed by atoms with Crippen LogP contribution < -0.4 is 16.0 Å². The van der Waals surface area contributed by atoms with Gasteiger partial charge in [0, 0.05) is 48.8 Å². The van der Waals surface area contributed by atoms with Crippen LogP contribution in [0.15, 0.2) is 18.2 Å². The number of hydrogen-bond donors (Lipinski definition) is 4. The third-order valence-electron chi connectivity index (χ3n) is 5.17. The summed E-state index contributed by atoms with van der Waals surface area (Å²) in [5.74, 6) is -0.678. The fraction of sp³-hybridized carbons (Fsp3) is 0.300. The molecule has 1 saturated heterocycles. The van der Waals surface area contributed by atoms with E-state index in [-0.39, 0.29) is 11.9 Å². The molecule has 1 aromatic carbocycles. The van der Waals surface area contributed by atoms with Crippen LogP contribution in [-0.2, 0) is 4.79 Å². The smallest absolute Gasteiger partial charge is 0.321 e. The van der Waals surface area contributed by atoms with Gasteiger partial charge in [0.15, 0.2) is 0 Å². The molecule has 146 valence electrons. The van der Waals surface area contributed by atoms with E-state index in [1.807, 2.05) is 13.8 Å². The van der Waals surface area contributed by atoms with Crippen molar-refractivity contribution in [3.05, 3.63) is 46.5 Å². The van der Waals surface area contributed by atoms with Gasteiger partial charge in [0.25, 0.3) is 5.91 Å². The highest BCUT2D eigenvalue weighted by Crippen LogP contribution is 2.35. The van der Waals surface area contributed by atoms with Crippen molar-refractivity contribution in [3.63, 3.8) is 0 Å². The molecular formula is C20H22FN5O2. The molecule has 4 N–H and O–H groups in total. The lowest BCUT2D eigenvalue weighted by Gasteiger charge is -2.27. The minimum absolute atomic E-state index is 0.142. The summed E-state index contributed by atoms with van der Waals surface area (Å²) in [5, 5.41) is 8.93. The average Bonchev–Trinajstić information content (AvgIpc) is 3.13. The molecule has 0 spiro atoms. The molecule has 0 unspecified atom stereocenters. The van der Waals surface area contributed by atoms with Crippen molar-refractivity contribution >= 4 is 35.0 Å². The fourth-order valence-corrected chi connectivity index (χ4v) is 3.61. The van der Waals surface area contributed by atoms with Crippen LogP contribution in [0.25, 0.3) is 11.6 Å². The monoisotopic (exact) mass is 383 g/mol. The average molecular weight is 383 g/mol. The first-order chi connectivity index (χ1) is 13.4. The van der Waals surface area contributed by atoms with E-state index in [4.69, 9.17) is 0 Å². The second kappa shape index (κ2) is 7.12. The van der Waals surface area contributed by atoms with E-state index in [2.05, 4.69) is 20.9 Å².